The Bertz CT molecular complexity index is 354. The zero-order valence-corrected chi connectivity index (χ0v) is 9.10. The maximum absolute atomic E-state index is 13.1. The van der Waals surface area contributed by atoms with E-state index in [0.717, 1.165) is 0 Å². The molecule has 0 radical (unpaired) electrons. The monoisotopic (exact) mass is 265 g/mol. The first-order chi connectivity index (χ1) is 6.02. The van der Waals surface area contributed by atoms with Crippen LogP contribution in [0.15, 0.2) is 16.6 Å². The highest BCUT2D eigenvalue weighted by atomic mass is 79.9. The summed E-state index contributed by atoms with van der Waals surface area (Å²) in [6, 6.07) is 2.83. The predicted molar refractivity (Wildman–Crippen MR) is 56.0 cm³/mol. The number of thiocarbonyl (C=S) groups is 1. The van der Waals surface area contributed by atoms with E-state index in [4.69, 9.17) is 12.2 Å². The molecule has 70 valence electrons. The second-order valence-corrected chi connectivity index (χ2v) is 3.87. The molecule has 1 aromatic carbocycles. The van der Waals surface area contributed by atoms with Crippen molar-refractivity contribution in [1.82, 2.24) is 0 Å². The van der Waals surface area contributed by atoms with E-state index in [1.807, 2.05) is 0 Å². The smallest absolute Gasteiger partial charge is 0.183 e. The van der Waals surface area contributed by atoms with Crippen LogP contribution in [-0.2, 0) is 0 Å². The van der Waals surface area contributed by atoms with Crippen molar-refractivity contribution in [2.75, 3.05) is 5.32 Å². The van der Waals surface area contributed by atoms with Crippen LogP contribution < -0.4 is 5.32 Å². The van der Waals surface area contributed by atoms with Crippen molar-refractivity contribution < 1.29 is 8.78 Å². The van der Waals surface area contributed by atoms with Gasteiger partial charge >= 0.3 is 0 Å². The van der Waals surface area contributed by atoms with Crippen LogP contribution in [0.5, 0.6) is 0 Å². The first-order valence-corrected chi connectivity index (χ1v) is 4.63. The molecule has 0 heterocycles. The lowest BCUT2D eigenvalue weighted by atomic mass is 10.3. The molecule has 0 saturated carbocycles. The van der Waals surface area contributed by atoms with Gasteiger partial charge in [-0.3, -0.25) is 0 Å². The maximum Gasteiger partial charge on any atom is 0.183 e. The lowest BCUT2D eigenvalue weighted by Gasteiger charge is -2.06. The van der Waals surface area contributed by atoms with Gasteiger partial charge in [-0.1, -0.05) is 12.2 Å². The minimum atomic E-state index is -0.932. The van der Waals surface area contributed by atoms with Crippen LogP contribution in [0.4, 0.5) is 14.5 Å². The second-order valence-electron chi connectivity index (χ2n) is 2.40. The quantitative estimate of drug-likeness (QED) is 0.617. The van der Waals surface area contributed by atoms with Gasteiger partial charge in [-0.15, -0.1) is 0 Å². The Morgan fingerprint density at radius 2 is 2.00 bits per heavy atom. The largest absolute Gasteiger partial charge is 0.348 e. The van der Waals surface area contributed by atoms with Crippen molar-refractivity contribution in [1.29, 1.82) is 0 Å². The average molecular weight is 266 g/mol. The molecule has 0 saturated heterocycles. The van der Waals surface area contributed by atoms with E-state index in [1.165, 1.54) is 12.1 Å². The van der Waals surface area contributed by atoms with Crippen LogP contribution in [0.1, 0.15) is 6.92 Å². The van der Waals surface area contributed by atoms with E-state index in [0.29, 0.717) is 4.99 Å². The molecule has 0 aliphatic rings. The van der Waals surface area contributed by atoms with Gasteiger partial charge < -0.3 is 5.32 Å². The maximum atomic E-state index is 13.1. The van der Waals surface area contributed by atoms with Crippen LogP contribution in [-0.4, -0.2) is 4.99 Å². The molecule has 0 bridgehead atoms. The fourth-order valence-corrected chi connectivity index (χ4v) is 1.23. The molecule has 5 heteroatoms. The fraction of sp³-hybridized carbons (Fsp3) is 0.125. The van der Waals surface area contributed by atoms with E-state index in [1.54, 1.807) is 6.92 Å². The van der Waals surface area contributed by atoms with Crippen molar-refractivity contribution >= 4 is 38.8 Å². The van der Waals surface area contributed by atoms with E-state index in [-0.39, 0.29) is 10.2 Å². The minimum Gasteiger partial charge on any atom is -0.348 e. The first kappa shape index (κ1) is 10.5. The lowest BCUT2D eigenvalue weighted by molar-refractivity contribution is 0.507. The molecule has 0 amide bonds. The van der Waals surface area contributed by atoms with Crippen LogP contribution in [0.25, 0.3) is 0 Å². The Labute approximate surface area is 88.3 Å². The molecule has 0 aliphatic heterocycles. The molecular formula is C8H6BrF2NS. The molecule has 0 aliphatic carbocycles. The SMILES string of the molecule is CC(=S)Nc1ccc(Br)c(F)c1F. The zero-order valence-electron chi connectivity index (χ0n) is 6.70. The molecule has 13 heavy (non-hydrogen) atoms. The van der Waals surface area contributed by atoms with Crippen molar-refractivity contribution in [3.05, 3.63) is 28.2 Å². The third-order valence-electron chi connectivity index (χ3n) is 1.35. The second kappa shape index (κ2) is 4.11. The Morgan fingerprint density at radius 1 is 1.38 bits per heavy atom. The Balaban J connectivity index is 3.10. The van der Waals surface area contributed by atoms with Crippen LogP contribution in [0.2, 0.25) is 0 Å². The topological polar surface area (TPSA) is 12.0 Å². The van der Waals surface area contributed by atoms with Gasteiger partial charge in [-0.05, 0) is 35.0 Å². The number of rotatable bonds is 1. The number of hydrogen-bond acceptors (Lipinski definition) is 1. The predicted octanol–water partition coefficient (Wildman–Crippen LogP) is 3.49. The molecule has 1 N–H and O–H groups in total. The molecule has 1 rings (SSSR count). The third-order valence-corrected chi connectivity index (χ3v) is 2.06. The van der Waals surface area contributed by atoms with Crippen LogP contribution >= 0.6 is 28.1 Å². The van der Waals surface area contributed by atoms with Gasteiger partial charge in [-0.25, -0.2) is 8.78 Å². The summed E-state index contributed by atoms with van der Waals surface area (Å²) >= 11 is 7.57. The van der Waals surface area contributed by atoms with Crippen molar-refractivity contribution in [3.63, 3.8) is 0 Å². The van der Waals surface area contributed by atoms with Gasteiger partial charge in [0, 0.05) is 0 Å². The highest BCUT2D eigenvalue weighted by Crippen LogP contribution is 2.24. The Hall–Kier alpha value is -0.550. The lowest BCUT2D eigenvalue weighted by Crippen LogP contribution is -2.06. The number of halogens is 3. The molecule has 0 spiro atoms. The molecule has 0 aromatic heterocycles. The summed E-state index contributed by atoms with van der Waals surface area (Å²) in [5.41, 5.74) is 0.0493. The Morgan fingerprint density at radius 3 is 2.54 bits per heavy atom. The summed E-state index contributed by atoms with van der Waals surface area (Å²) in [6.45, 7) is 1.59. The van der Waals surface area contributed by atoms with Crippen molar-refractivity contribution in [2.24, 2.45) is 0 Å². The number of nitrogens with one attached hydrogen (secondary N) is 1. The van der Waals surface area contributed by atoms with Crippen molar-refractivity contribution in [2.45, 2.75) is 6.92 Å². The van der Waals surface area contributed by atoms with Crippen molar-refractivity contribution in [3.8, 4) is 0 Å². The molecular weight excluding hydrogens is 260 g/mol. The summed E-state index contributed by atoms with van der Waals surface area (Å²) in [7, 11) is 0. The summed E-state index contributed by atoms with van der Waals surface area (Å²) in [5.74, 6) is -1.85. The van der Waals surface area contributed by atoms with Gasteiger partial charge in [0.15, 0.2) is 11.6 Å². The van der Waals surface area contributed by atoms with Gasteiger partial charge in [-0.2, -0.15) is 0 Å². The fourth-order valence-electron chi connectivity index (χ4n) is 0.812. The summed E-state index contributed by atoms with van der Waals surface area (Å²) < 4.78 is 26.1. The molecule has 1 aromatic rings. The van der Waals surface area contributed by atoms with E-state index < -0.39 is 11.6 Å². The van der Waals surface area contributed by atoms with Crippen LogP contribution in [0.3, 0.4) is 0 Å². The molecule has 0 unspecified atom stereocenters. The van der Waals surface area contributed by atoms with Gasteiger partial charge in [0.2, 0.25) is 0 Å². The standard InChI is InChI=1S/C8H6BrF2NS/c1-4(13)12-6-3-2-5(9)7(10)8(6)11/h2-3H,1H3,(H,12,13). The number of hydrogen-bond donors (Lipinski definition) is 1. The summed E-state index contributed by atoms with van der Waals surface area (Å²) in [6.07, 6.45) is 0. The number of anilines is 1. The average Bonchev–Trinajstić information content (AvgIpc) is 2.06. The summed E-state index contributed by atoms with van der Waals surface area (Å²) in [4.78, 5) is 0.389. The summed E-state index contributed by atoms with van der Waals surface area (Å²) in [5, 5.41) is 2.54. The Kier molecular flexibility index (Phi) is 3.33. The minimum absolute atomic E-state index is 0.0493. The zero-order chi connectivity index (χ0) is 10.0. The molecule has 1 nitrogen and oxygen atoms in total. The van der Waals surface area contributed by atoms with Gasteiger partial charge in [0.05, 0.1) is 15.1 Å². The normalized spacial score (nSPS) is 9.85. The van der Waals surface area contributed by atoms with Gasteiger partial charge in [0.25, 0.3) is 0 Å². The van der Waals surface area contributed by atoms with E-state index >= 15 is 0 Å². The first-order valence-electron chi connectivity index (χ1n) is 3.43. The van der Waals surface area contributed by atoms with E-state index in [2.05, 4.69) is 21.2 Å². The molecule has 0 atom stereocenters. The highest BCUT2D eigenvalue weighted by Gasteiger charge is 2.11. The van der Waals surface area contributed by atoms with Crippen LogP contribution in [0, 0.1) is 11.6 Å². The van der Waals surface area contributed by atoms with Gasteiger partial charge in [0.1, 0.15) is 0 Å². The highest BCUT2D eigenvalue weighted by molar-refractivity contribution is 9.10. The number of benzene rings is 1. The third kappa shape index (κ3) is 2.45. The van der Waals surface area contributed by atoms with E-state index in [9.17, 15) is 8.78 Å². The molecule has 0 fully saturated rings.